The third kappa shape index (κ3) is 3.48. The van der Waals surface area contributed by atoms with Gasteiger partial charge in [-0.3, -0.25) is 0 Å². The Balaban J connectivity index is 1.66. The van der Waals surface area contributed by atoms with Gasteiger partial charge < -0.3 is 24.8 Å². The Labute approximate surface area is 187 Å². The maximum absolute atomic E-state index is 13.8. The lowest BCUT2D eigenvalue weighted by Crippen LogP contribution is -2.52. The van der Waals surface area contributed by atoms with E-state index in [4.69, 9.17) is 9.47 Å². The largest absolute Gasteiger partial charge is 0.454 e. The first-order chi connectivity index (χ1) is 15.3. The van der Waals surface area contributed by atoms with Crippen molar-refractivity contribution < 1.29 is 33.2 Å². The Bertz CT molecular complexity index is 1120. The first-order valence-corrected chi connectivity index (χ1v) is 12.2. The van der Waals surface area contributed by atoms with Crippen LogP contribution in [0.2, 0.25) is 0 Å². The second kappa shape index (κ2) is 8.00. The van der Waals surface area contributed by atoms with Crippen LogP contribution in [0.5, 0.6) is 11.5 Å². The number of sulfonamides is 1. The minimum Gasteiger partial charge on any atom is -0.454 e. The standard InChI is InChI=1S/C23H27NO7S/c1-13-2-4-15(5-3-13)32(28,29)24-10-14-6-22-23(31-12-30-22)8-16(14)18(11-25)17-7-20(26)21(27)9-19(17)24/h2-6,8,17-21,25-27H,7,9-12H2,1H3/t17-,18-,19-,20+,21-/m0/s1. The van der Waals surface area contributed by atoms with Gasteiger partial charge in [0.15, 0.2) is 11.5 Å². The quantitative estimate of drug-likeness (QED) is 0.634. The van der Waals surface area contributed by atoms with E-state index in [1.807, 2.05) is 13.0 Å². The highest BCUT2D eigenvalue weighted by Crippen LogP contribution is 2.47. The molecule has 0 unspecified atom stereocenters. The van der Waals surface area contributed by atoms with Crippen LogP contribution in [0.3, 0.4) is 0 Å². The number of nitrogens with zero attached hydrogens (tertiary/aromatic N) is 1. The molecule has 2 heterocycles. The molecule has 8 nitrogen and oxygen atoms in total. The van der Waals surface area contributed by atoms with Gasteiger partial charge in [0.25, 0.3) is 0 Å². The average molecular weight is 462 g/mol. The summed E-state index contributed by atoms with van der Waals surface area (Å²) in [4.78, 5) is 0.173. The van der Waals surface area contributed by atoms with Crippen LogP contribution in [-0.2, 0) is 16.6 Å². The van der Waals surface area contributed by atoms with Gasteiger partial charge in [0.2, 0.25) is 16.8 Å². The molecule has 0 spiro atoms. The van der Waals surface area contributed by atoms with Crippen LogP contribution in [0.25, 0.3) is 0 Å². The predicted octanol–water partition coefficient (Wildman–Crippen LogP) is 1.50. The van der Waals surface area contributed by atoms with E-state index in [0.717, 1.165) is 16.7 Å². The third-order valence-electron chi connectivity index (χ3n) is 7.01. The van der Waals surface area contributed by atoms with Crippen LogP contribution in [0.4, 0.5) is 0 Å². The Morgan fingerprint density at radius 2 is 1.69 bits per heavy atom. The highest BCUT2D eigenvalue weighted by atomic mass is 32.2. The second-order valence-corrected chi connectivity index (χ2v) is 10.8. The lowest BCUT2D eigenvalue weighted by molar-refractivity contribution is -0.0563. The lowest BCUT2D eigenvalue weighted by Gasteiger charge is -2.43. The fourth-order valence-corrected chi connectivity index (χ4v) is 6.93. The molecule has 5 rings (SSSR count). The Morgan fingerprint density at radius 3 is 2.38 bits per heavy atom. The van der Waals surface area contributed by atoms with Crippen LogP contribution < -0.4 is 9.47 Å². The molecule has 3 aliphatic rings. The van der Waals surface area contributed by atoms with Crippen molar-refractivity contribution >= 4 is 10.0 Å². The molecule has 9 heteroatoms. The first kappa shape index (κ1) is 21.7. The molecular weight excluding hydrogens is 434 g/mol. The molecule has 2 aromatic rings. The molecular formula is C23H27NO7S. The molecule has 0 bridgehead atoms. The van der Waals surface area contributed by atoms with Gasteiger partial charge in [-0.05, 0) is 61.1 Å². The van der Waals surface area contributed by atoms with Gasteiger partial charge in [-0.25, -0.2) is 8.42 Å². The van der Waals surface area contributed by atoms with Crippen molar-refractivity contribution in [3.8, 4) is 11.5 Å². The van der Waals surface area contributed by atoms with Crippen LogP contribution in [-0.4, -0.2) is 59.7 Å². The van der Waals surface area contributed by atoms with Gasteiger partial charge in [-0.1, -0.05) is 17.7 Å². The number of fused-ring (bicyclic) bond motifs is 3. The summed E-state index contributed by atoms with van der Waals surface area (Å²) in [5.74, 6) is 0.313. The van der Waals surface area contributed by atoms with Crippen molar-refractivity contribution in [3.05, 3.63) is 53.1 Å². The maximum atomic E-state index is 13.8. The molecule has 2 aromatic carbocycles. The Hall–Kier alpha value is -2.17. The summed E-state index contributed by atoms with van der Waals surface area (Å²) in [6.45, 7) is 1.84. The highest BCUT2D eigenvalue weighted by Gasteiger charge is 2.48. The van der Waals surface area contributed by atoms with E-state index in [1.54, 1.807) is 30.3 Å². The van der Waals surface area contributed by atoms with E-state index in [1.165, 1.54) is 4.31 Å². The minimum absolute atomic E-state index is 0.0721. The van der Waals surface area contributed by atoms with E-state index in [9.17, 15) is 23.7 Å². The molecule has 1 fully saturated rings. The molecule has 5 atom stereocenters. The third-order valence-corrected chi connectivity index (χ3v) is 8.89. The molecule has 0 saturated heterocycles. The van der Waals surface area contributed by atoms with E-state index < -0.39 is 34.2 Å². The zero-order valence-electron chi connectivity index (χ0n) is 17.7. The SMILES string of the molecule is Cc1ccc(S(=O)(=O)N2Cc3cc4c(cc3[C@H](CO)[C@@H]3C[C@@H](O)[C@@H](O)C[C@@H]32)OCO4)cc1. The van der Waals surface area contributed by atoms with Crippen LogP contribution >= 0.6 is 0 Å². The molecule has 2 aliphatic heterocycles. The van der Waals surface area contributed by atoms with Gasteiger partial charge in [0.1, 0.15) is 0 Å². The summed E-state index contributed by atoms with van der Waals surface area (Å²) in [7, 11) is -3.91. The van der Waals surface area contributed by atoms with E-state index in [0.29, 0.717) is 11.5 Å². The number of aliphatic hydroxyl groups is 3. The van der Waals surface area contributed by atoms with Crippen molar-refractivity contribution in [2.24, 2.45) is 5.92 Å². The van der Waals surface area contributed by atoms with Crippen molar-refractivity contribution in [2.45, 2.75) is 55.4 Å². The van der Waals surface area contributed by atoms with Crippen molar-refractivity contribution in [3.63, 3.8) is 0 Å². The zero-order valence-corrected chi connectivity index (χ0v) is 18.5. The molecule has 32 heavy (non-hydrogen) atoms. The summed E-state index contributed by atoms with van der Waals surface area (Å²) in [5, 5.41) is 31.2. The Morgan fingerprint density at radius 1 is 1.03 bits per heavy atom. The molecule has 172 valence electrons. The van der Waals surface area contributed by atoms with Crippen LogP contribution in [0.15, 0.2) is 41.3 Å². The molecule has 3 N–H and O–H groups in total. The van der Waals surface area contributed by atoms with Gasteiger partial charge >= 0.3 is 0 Å². The Kier molecular flexibility index (Phi) is 5.42. The predicted molar refractivity (Wildman–Crippen MR) is 115 cm³/mol. The smallest absolute Gasteiger partial charge is 0.243 e. The highest BCUT2D eigenvalue weighted by molar-refractivity contribution is 7.89. The van der Waals surface area contributed by atoms with E-state index in [2.05, 4.69) is 0 Å². The lowest BCUT2D eigenvalue weighted by atomic mass is 9.72. The van der Waals surface area contributed by atoms with Crippen molar-refractivity contribution in [1.29, 1.82) is 0 Å². The monoisotopic (exact) mass is 461 g/mol. The molecule has 0 amide bonds. The number of hydrogen-bond acceptors (Lipinski definition) is 7. The first-order valence-electron chi connectivity index (χ1n) is 10.8. The maximum Gasteiger partial charge on any atom is 0.243 e. The second-order valence-electron chi connectivity index (χ2n) is 8.89. The molecule has 0 radical (unpaired) electrons. The van der Waals surface area contributed by atoms with Gasteiger partial charge in [0, 0.05) is 18.5 Å². The van der Waals surface area contributed by atoms with E-state index >= 15 is 0 Å². The molecule has 1 saturated carbocycles. The average Bonchev–Trinajstić information content (AvgIpc) is 3.17. The van der Waals surface area contributed by atoms with E-state index in [-0.39, 0.29) is 43.6 Å². The number of benzene rings is 2. The van der Waals surface area contributed by atoms with Crippen molar-refractivity contribution in [2.75, 3.05) is 13.4 Å². The topological polar surface area (TPSA) is 117 Å². The molecule has 1 aliphatic carbocycles. The summed E-state index contributed by atoms with van der Waals surface area (Å²) in [6.07, 6.45) is -1.74. The van der Waals surface area contributed by atoms with Gasteiger partial charge in [-0.15, -0.1) is 0 Å². The number of aliphatic hydroxyl groups excluding tert-OH is 3. The van der Waals surface area contributed by atoms with Gasteiger partial charge in [-0.2, -0.15) is 4.31 Å². The summed E-state index contributed by atoms with van der Waals surface area (Å²) in [5.41, 5.74) is 2.46. The van der Waals surface area contributed by atoms with Crippen LogP contribution in [0, 0.1) is 12.8 Å². The zero-order chi connectivity index (χ0) is 22.6. The number of rotatable bonds is 3. The summed E-state index contributed by atoms with van der Waals surface area (Å²) in [6, 6.07) is 9.69. The summed E-state index contributed by atoms with van der Waals surface area (Å²) >= 11 is 0. The fraction of sp³-hybridized carbons (Fsp3) is 0.478. The number of hydrogen-bond donors (Lipinski definition) is 3. The normalized spacial score (nSPS) is 29.8. The van der Waals surface area contributed by atoms with Gasteiger partial charge in [0.05, 0.1) is 23.7 Å². The van der Waals surface area contributed by atoms with Crippen molar-refractivity contribution in [1.82, 2.24) is 4.31 Å². The molecule has 0 aromatic heterocycles. The fourth-order valence-electron chi connectivity index (χ4n) is 5.28. The minimum atomic E-state index is -3.91. The number of aryl methyl sites for hydroxylation is 1. The number of ether oxygens (including phenoxy) is 2. The summed E-state index contributed by atoms with van der Waals surface area (Å²) < 4.78 is 40.1. The van der Waals surface area contributed by atoms with Crippen LogP contribution in [0.1, 0.15) is 35.4 Å².